The second-order valence-electron chi connectivity index (χ2n) is 5.77. The molecule has 3 heteroatoms. The van der Waals surface area contributed by atoms with Crippen molar-refractivity contribution in [1.82, 2.24) is 0 Å². The summed E-state index contributed by atoms with van der Waals surface area (Å²) in [6.45, 7) is 6.24. The molecule has 2 rings (SSSR count). The lowest BCUT2D eigenvalue weighted by molar-refractivity contribution is -0.142. The Morgan fingerprint density at radius 3 is 2.47 bits per heavy atom. The summed E-state index contributed by atoms with van der Waals surface area (Å²) < 4.78 is 0. The van der Waals surface area contributed by atoms with Gasteiger partial charge in [-0.2, -0.15) is 0 Å². The van der Waals surface area contributed by atoms with Gasteiger partial charge in [0.25, 0.3) is 0 Å². The topological polar surface area (TPSA) is 54.4 Å². The van der Waals surface area contributed by atoms with Gasteiger partial charge in [-0.3, -0.25) is 9.59 Å². The Kier molecular flexibility index (Phi) is 2.01. The van der Waals surface area contributed by atoms with Crippen molar-refractivity contribution >= 4 is 11.8 Å². The van der Waals surface area contributed by atoms with E-state index in [0.717, 1.165) is 12.8 Å². The fourth-order valence-electron chi connectivity index (χ4n) is 3.70. The summed E-state index contributed by atoms with van der Waals surface area (Å²) in [4.78, 5) is 22.9. The molecule has 2 aliphatic carbocycles. The van der Waals surface area contributed by atoms with Crippen LogP contribution in [0.3, 0.4) is 0 Å². The van der Waals surface area contributed by atoms with E-state index in [-0.39, 0.29) is 34.9 Å². The minimum absolute atomic E-state index is 0.0164. The van der Waals surface area contributed by atoms with Crippen LogP contribution in [0, 0.1) is 22.7 Å². The average molecular weight is 210 g/mol. The van der Waals surface area contributed by atoms with Gasteiger partial charge < -0.3 is 5.11 Å². The lowest BCUT2D eigenvalue weighted by Gasteiger charge is -2.32. The van der Waals surface area contributed by atoms with Crippen LogP contribution in [0.5, 0.6) is 0 Å². The first-order valence-electron chi connectivity index (χ1n) is 5.57. The standard InChI is InChI=1S/C12H18O3/c1-11(2)8-4-5-12(11,3)10(15)7(8)6-9(13)14/h7-8H,4-6H2,1-3H3,(H,13,14)/t7-,8+,12+/m1/s1. The number of hydrogen-bond donors (Lipinski definition) is 1. The van der Waals surface area contributed by atoms with Crippen LogP contribution in [-0.2, 0) is 9.59 Å². The molecule has 0 radical (unpaired) electrons. The van der Waals surface area contributed by atoms with Gasteiger partial charge in [0, 0.05) is 11.3 Å². The Labute approximate surface area is 89.9 Å². The summed E-state index contributed by atoms with van der Waals surface area (Å²) in [6, 6.07) is 0. The Morgan fingerprint density at radius 1 is 1.47 bits per heavy atom. The molecule has 0 amide bonds. The molecule has 2 aliphatic rings. The number of carboxylic acids is 1. The van der Waals surface area contributed by atoms with Crippen LogP contribution in [0.1, 0.15) is 40.0 Å². The zero-order valence-electron chi connectivity index (χ0n) is 9.54. The molecule has 0 aromatic rings. The van der Waals surface area contributed by atoms with Crippen LogP contribution >= 0.6 is 0 Å². The fourth-order valence-corrected chi connectivity index (χ4v) is 3.70. The molecule has 1 N–H and O–H groups in total. The van der Waals surface area contributed by atoms with Crippen molar-refractivity contribution in [3.8, 4) is 0 Å². The molecule has 0 aliphatic heterocycles. The van der Waals surface area contributed by atoms with Gasteiger partial charge in [0.1, 0.15) is 5.78 Å². The first-order chi connectivity index (χ1) is 6.80. The number of rotatable bonds is 2. The quantitative estimate of drug-likeness (QED) is 0.759. The zero-order chi connectivity index (χ0) is 11.4. The predicted molar refractivity (Wildman–Crippen MR) is 55.4 cm³/mol. The fraction of sp³-hybridized carbons (Fsp3) is 0.833. The smallest absolute Gasteiger partial charge is 0.304 e. The maximum absolute atomic E-state index is 12.2. The molecule has 15 heavy (non-hydrogen) atoms. The molecule has 84 valence electrons. The van der Waals surface area contributed by atoms with Crippen molar-refractivity contribution in [3.05, 3.63) is 0 Å². The minimum atomic E-state index is -0.847. The summed E-state index contributed by atoms with van der Waals surface area (Å²) >= 11 is 0. The van der Waals surface area contributed by atoms with Crippen molar-refractivity contribution < 1.29 is 14.7 Å². The number of ketones is 1. The van der Waals surface area contributed by atoms with Gasteiger partial charge >= 0.3 is 5.97 Å². The zero-order valence-corrected chi connectivity index (χ0v) is 9.54. The SMILES string of the molecule is CC1(C)[C@H]2CC[C@@]1(C)C(=O)[C@@H]2CC(=O)O. The van der Waals surface area contributed by atoms with E-state index in [0.29, 0.717) is 0 Å². The lowest BCUT2D eigenvalue weighted by atomic mass is 9.70. The summed E-state index contributed by atoms with van der Waals surface area (Å²) in [7, 11) is 0. The number of hydrogen-bond acceptors (Lipinski definition) is 2. The number of fused-ring (bicyclic) bond motifs is 2. The van der Waals surface area contributed by atoms with Crippen LogP contribution in [0.15, 0.2) is 0 Å². The first kappa shape index (κ1) is 10.7. The molecular formula is C12H18O3. The summed E-state index contributed by atoms with van der Waals surface area (Å²) in [5.41, 5.74) is -0.304. The molecule has 3 nitrogen and oxygen atoms in total. The van der Waals surface area contributed by atoms with Crippen LogP contribution in [0.4, 0.5) is 0 Å². The third-order valence-corrected chi connectivity index (χ3v) is 5.07. The van der Waals surface area contributed by atoms with Gasteiger partial charge in [0.05, 0.1) is 6.42 Å². The second-order valence-corrected chi connectivity index (χ2v) is 5.77. The third kappa shape index (κ3) is 1.12. The first-order valence-corrected chi connectivity index (χ1v) is 5.57. The van der Waals surface area contributed by atoms with E-state index >= 15 is 0 Å². The summed E-state index contributed by atoms with van der Waals surface area (Å²) in [6.07, 6.45) is 1.95. The Bertz CT molecular complexity index is 332. The van der Waals surface area contributed by atoms with E-state index in [1.807, 2.05) is 6.92 Å². The largest absolute Gasteiger partial charge is 0.481 e. The van der Waals surface area contributed by atoms with E-state index in [1.165, 1.54) is 0 Å². The van der Waals surface area contributed by atoms with Crippen molar-refractivity contribution in [1.29, 1.82) is 0 Å². The number of carboxylic acid groups (broad SMARTS) is 1. The molecule has 0 aromatic heterocycles. The highest BCUT2D eigenvalue weighted by molar-refractivity contribution is 5.93. The van der Waals surface area contributed by atoms with Crippen molar-refractivity contribution in [2.75, 3.05) is 0 Å². The van der Waals surface area contributed by atoms with Crippen LogP contribution < -0.4 is 0 Å². The van der Waals surface area contributed by atoms with Gasteiger partial charge in [-0.05, 0) is 24.2 Å². The molecule has 0 unspecified atom stereocenters. The summed E-state index contributed by atoms with van der Waals surface area (Å²) in [5, 5.41) is 8.82. The molecular weight excluding hydrogens is 192 g/mol. The van der Waals surface area contributed by atoms with E-state index in [4.69, 9.17) is 5.11 Å². The molecule has 0 aromatic carbocycles. The van der Waals surface area contributed by atoms with E-state index < -0.39 is 5.97 Å². The molecule has 3 atom stereocenters. The van der Waals surface area contributed by atoms with Gasteiger partial charge in [0.2, 0.25) is 0 Å². The number of Topliss-reactive ketones (excluding diaryl/α,β-unsaturated/α-hetero) is 1. The third-order valence-electron chi connectivity index (χ3n) is 5.07. The van der Waals surface area contributed by atoms with E-state index in [9.17, 15) is 9.59 Å². The highest BCUT2D eigenvalue weighted by atomic mass is 16.4. The number of carbonyl (C=O) groups is 2. The van der Waals surface area contributed by atoms with Gasteiger partial charge in [0.15, 0.2) is 0 Å². The Balaban J connectivity index is 2.34. The Morgan fingerprint density at radius 2 is 2.07 bits per heavy atom. The highest BCUT2D eigenvalue weighted by Crippen LogP contribution is 2.66. The van der Waals surface area contributed by atoms with Crippen LogP contribution in [-0.4, -0.2) is 16.9 Å². The van der Waals surface area contributed by atoms with Crippen molar-refractivity contribution in [2.45, 2.75) is 40.0 Å². The van der Waals surface area contributed by atoms with Gasteiger partial charge in [-0.25, -0.2) is 0 Å². The van der Waals surface area contributed by atoms with Crippen molar-refractivity contribution in [3.63, 3.8) is 0 Å². The second kappa shape index (κ2) is 2.83. The maximum atomic E-state index is 12.2. The predicted octanol–water partition coefficient (Wildman–Crippen LogP) is 2.10. The van der Waals surface area contributed by atoms with Crippen LogP contribution in [0.2, 0.25) is 0 Å². The molecule has 0 heterocycles. The van der Waals surface area contributed by atoms with Crippen LogP contribution in [0.25, 0.3) is 0 Å². The molecule has 0 saturated heterocycles. The van der Waals surface area contributed by atoms with E-state index in [2.05, 4.69) is 13.8 Å². The normalized spacial score (nSPS) is 42.2. The molecule has 2 fully saturated rings. The summed E-state index contributed by atoms with van der Waals surface area (Å²) in [5.74, 6) is -0.631. The monoisotopic (exact) mass is 210 g/mol. The maximum Gasteiger partial charge on any atom is 0.304 e. The molecule has 2 bridgehead atoms. The average Bonchev–Trinajstić information content (AvgIpc) is 2.40. The highest BCUT2D eigenvalue weighted by Gasteiger charge is 2.66. The minimum Gasteiger partial charge on any atom is -0.481 e. The number of carbonyl (C=O) groups excluding carboxylic acids is 1. The molecule has 2 saturated carbocycles. The lowest BCUT2D eigenvalue weighted by Crippen LogP contribution is -2.33. The van der Waals surface area contributed by atoms with Gasteiger partial charge in [-0.15, -0.1) is 0 Å². The number of aliphatic carboxylic acids is 1. The Hall–Kier alpha value is -0.860. The van der Waals surface area contributed by atoms with E-state index in [1.54, 1.807) is 0 Å². The van der Waals surface area contributed by atoms with Crippen molar-refractivity contribution in [2.24, 2.45) is 22.7 Å². The van der Waals surface area contributed by atoms with Gasteiger partial charge in [-0.1, -0.05) is 20.8 Å². The molecule has 0 spiro atoms.